The zero-order valence-corrected chi connectivity index (χ0v) is 7.68. The van der Waals surface area contributed by atoms with E-state index in [1.54, 1.807) is 17.8 Å². The predicted octanol–water partition coefficient (Wildman–Crippen LogP) is 3.04. The molecule has 0 radical (unpaired) electrons. The minimum atomic E-state index is 0.425. The molecule has 1 N–H and O–H groups in total. The smallest absolute Gasteiger partial charge is 0.129 e. The summed E-state index contributed by atoms with van der Waals surface area (Å²) in [5.41, 5.74) is 0. The molecule has 1 aliphatic rings. The van der Waals surface area contributed by atoms with Crippen LogP contribution in [0.4, 0.5) is 0 Å². The van der Waals surface area contributed by atoms with Crippen molar-refractivity contribution in [3.05, 3.63) is 24.3 Å². The van der Waals surface area contributed by atoms with E-state index in [0.29, 0.717) is 5.75 Å². The van der Waals surface area contributed by atoms with E-state index in [2.05, 4.69) is 0 Å². The number of benzene rings is 1. The monoisotopic (exact) mass is 180 g/mol. The van der Waals surface area contributed by atoms with Crippen LogP contribution in [-0.4, -0.2) is 10.4 Å². The molecule has 0 bridgehead atoms. The van der Waals surface area contributed by atoms with E-state index in [9.17, 15) is 5.11 Å². The SMILES string of the molecule is Oc1ccccc1SC1CCC1. The summed E-state index contributed by atoms with van der Waals surface area (Å²) in [5, 5.41) is 10.2. The van der Waals surface area contributed by atoms with E-state index in [4.69, 9.17) is 0 Å². The molecule has 0 saturated heterocycles. The summed E-state index contributed by atoms with van der Waals surface area (Å²) in [7, 11) is 0. The summed E-state index contributed by atoms with van der Waals surface area (Å²) in [4.78, 5) is 1.03. The van der Waals surface area contributed by atoms with Crippen molar-refractivity contribution in [2.45, 2.75) is 29.4 Å². The maximum atomic E-state index is 9.46. The number of rotatable bonds is 2. The molecule has 1 aromatic carbocycles. The van der Waals surface area contributed by atoms with Crippen LogP contribution in [0.1, 0.15) is 19.3 Å². The van der Waals surface area contributed by atoms with Crippen LogP contribution in [0.25, 0.3) is 0 Å². The summed E-state index contributed by atoms with van der Waals surface area (Å²) in [6.45, 7) is 0. The molecule has 1 nitrogen and oxygen atoms in total. The van der Waals surface area contributed by atoms with Crippen LogP contribution in [0.2, 0.25) is 0 Å². The highest BCUT2D eigenvalue weighted by atomic mass is 32.2. The van der Waals surface area contributed by atoms with E-state index < -0.39 is 0 Å². The van der Waals surface area contributed by atoms with Gasteiger partial charge in [-0.05, 0) is 25.0 Å². The van der Waals surface area contributed by atoms with Crippen molar-refractivity contribution >= 4 is 11.8 Å². The highest BCUT2D eigenvalue weighted by Crippen LogP contribution is 2.39. The number of thioether (sulfide) groups is 1. The molecule has 0 atom stereocenters. The minimum absolute atomic E-state index is 0.425. The Morgan fingerprint density at radius 1 is 1.25 bits per heavy atom. The standard InChI is InChI=1S/C10H12OS/c11-9-6-1-2-7-10(9)12-8-4-3-5-8/h1-2,6-8,11H,3-5H2. The highest BCUT2D eigenvalue weighted by Gasteiger charge is 2.19. The van der Waals surface area contributed by atoms with Crippen LogP contribution < -0.4 is 0 Å². The minimum Gasteiger partial charge on any atom is -0.507 e. The molecule has 0 heterocycles. The van der Waals surface area contributed by atoms with Gasteiger partial charge in [0.1, 0.15) is 5.75 Å². The fraction of sp³-hybridized carbons (Fsp3) is 0.400. The van der Waals surface area contributed by atoms with E-state index in [0.717, 1.165) is 10.1 Å². The van der Waals surface area contributed by atoms with Gasteiger partial charge in [-0.1, -0.05) is 18.6 Å². The Kier molecular flexibility index (Phi) is 2.26. The Balaban J connectivity index is 2.06. The molecule has 0 unspecified atom stereocenters. The molecule has 1 aromatic rings. The molecule has 1 saturated carbocycles. The zero-order chi connectivity index (χ0) is 8.39. The second-order valence-electron chi connectivity index (χ2n) is 3.14. The molecule has 1 fully saturated rings. The summed E-state index contributed by atoms with van der Waals surface area (Å²) in [5.74, 6) is 0.425. The lowest BCUT2D eigenvalue weighted by molar-refractivity contribution is 0.461. The zero-order valence-electron chi connectivity index (χ0n) is 6.86. The molecule has 0 amide bonds. The van der Waals surface area contributed by atoms with Gasteiger partial charge in [-0.3, -0.25) is 0 Å². The van der Waals surface area contributed by atoms with Gasteiger partial charge in [-0.25, -0.2) is 0 Å². The van der Waals surface area contributed by atoms with E-state index in [1.165, 1.54) is 19.3 Å². The molecular formula is C10H12OS. The first kappa shape index (κ1) is 7.99. The molecule has 64 valence electrons. The van der Waals surface area contributed by atoms with Gasteiger partial charge in [0, 0.05) is 10.1 Å². The Morgan fingerprint density at radius 2 is 2.00 bits per heavy atom. The first-order chi connectivity index (χ1) is 5.86. The fourth-order valence-corrected chi connectivity index (χ4v) is 2.50. The molecule has 0 aliphatic heterocycles. The third kappa shape index (κ3) is 1.58. The predicted molar refractivity (Wildman–Crippen MR) is 51.6 cm³/mol. The number of hydrogen-bond acceptors (Lipinski definition) is 2. The molecule has 1 aliphatic carbocycles. The Hall–Kier alpha value is -0.630. The van der Waals surface area contributed by atoms with Crippen LogP contribution in [0.3, 0.4) is 0 Å². The number of para-hydroxylation sites is 1. The van der Waals surface area contributed by atoms with Crippen molar-refractivity contribution in [3.63, 3.8) is 0 Å². The van der Waals surface area contributed by atoms with Crippen molar-refractivity contribution in [1.82, 2.24) is 0 Å². The van der Waals surface area contributed by atoms with E-state index in [-0.39, 0.29) is 0 Å². The first-order valence-electron chi connectivity index (χ1n) is 4.31. The van der Waals surface area contributed by atoms with Gasteiger partial charge >= 0.3 is 0 Å². The maximum Gasteiger partial charge on any atom is 0.129 e. The van der Waals surface area contributed by atoms with Crippen LogP contribution in [0.15, 0.2) is 29.2 Å². The fourth-order valence-electron chi connectivity index (χ4n) is 1.23. The van der Waals surface area contributed by atoms with E-state index in [1.807, 2.05) is 18.2 Å². The van der Waals surface area contributed by atoms with Crippen molar-refractivity contribution in [2.75, 3.05) is 0 Å². The second-order valence-corrected chi connectivity index (χ2v) is 4.48. The molecule has 2 heteroatoms. The molecule has 2 rings (SSSR count). The van der Waals surface area contributed by atoms with Gasteiger partial charge in [0.05, 0.1) is 0 Å². The number of phenolic OH excluding ortho intramolecular Hbond substituents is 1. The lowest BCUT2D eigenvalue weighted by Gasteiger charge is -2.24. The van der Waals surface area contributed by atoms with Crippen LogP contribution >= 0.6 is 11.8 Å². The highest BCUT2D eigenvalue weighted by molar-refractivity contribution is 8.00. The normalized spacial score (nSPS) is 17.3. The molecule has 0 aromatic heterocycles. The summed E-state index contributed by atoms with van der Waals surface area (Å²) < 4.78 is 0. The van der Waals surface area contributed by atoms with Gasteiger partial charge in [0.15, 0.2) is 0 Å². The Labute approximate surface area is 76.8 Å². The van der Waals surface area contributed by atoms with Crippen molar-refractivity contribution in [3.8, 4) is 5.75 Å². The third-order valence-corrected chi connectivity index (χ3v) is 3.61. The molecule has 12 heavy (non-hydrogen) atoms. The molecule has 0 spiro atoms. The van der Waals surface area contributed by atoms with Gasteiger partial charge < -0.3 is 5.11 Å². The van der Waals surface area contributed by atoms with Crippen LogP contribution in [0, 0.1) is 0 Å². The van der Waals surface area contributed by atoms with E-state index >= 15 is 0 Å². The summed E-state index contributed by atoms with van der Waals surface area (Å²) >= 11 is 1.81. The average Bonchev–Trinajstić information content (AvgIpc) is 2.00. The van der Waals surface area contributed by atoms with Gasteiger partial charge in [0.25, 0.3) is 0 Å². The largest absolute Gasteiger partial charge is 0.507 e. The van der Waals surface area contributed by atoms with Gasteiger partial charge in [-0.15, -0.1) is 11.8 Å². The molecular weight excluding hydrogens is 168 g/mol. The lowest BCUT2D eigenvalue weighted by atomic mass is 10.0. The second kappa shape index (κ2) is 3.40. The van der Waals surface area contributed by atoms with Crippen LogP contribution in [-0.2, 0) is 0 Å². The number of hydrogen-bond donors (Lipinski definition) is 1. The first-order valence-corrected chi connectivity index (χ1v) is 5.19. The topological polar surface area (TPSA) is 20.2 Å². The lowest BCUT2D eigenvalue weighted by Crippen LogP contribution is -2.12. The summed E-state index contributed by atoms with van der Waals surface area (Å²) in [6, 6.07) is 7.57. The third-order valence-electron chi connectivity index (χ3n) is 2.21. The van der Waals surface area contributed by atoms with Gasteiger partial charge in [0.2, 0.25) is 0 Å². The van der Waals surface area contributed by atoms with Crippen LogP contribution in [0.5, 0.6) is 5.75 Å². The quantitative estimate of drug-likeness (QED) is 0.755. The number of aromatic hydroxyl groups is 1. The Morgan fingerprint density at radius 3 is 2.58 bits per heavy atom. The maximum absolute atomic E-state index is 9.46. The Bertz CT molecular complexity index is 268. The number of phenols is 1. The summed E-state index contributed by atoms with van der Waals surface area (Å²) in [6.07, 6.45) is 3.96. The van der Waals surface area contributed by atoms with Crippen molar-refractivity contribution in [2.24, 2.45) is 0 Å². The average molecular weight is 180 g/mol. The van der Waals surface area contributed by atoms with Crippen molar-refractivity contribution < 1.29 is 5.11 Å². The van der Waals surface area contributed by atoms with Gasteiger partial charge in [-0.2, -0.15) is 0 Å². The van der Waals surface area contributed by atoms with Crippen molar-refractivity contribution in [1.29, 1.82) is 0 Å².